The summed E-state index contributed by atoms with van der Waals surface area (Å²) < 4.78 is 52.1. The van der Waals surface area contributed by atoms with E-state index in [-0.39, 0.29) is 15.8 Å². The number of hydrogen-bond acceptors (Lipinski definition) is 5. The lowest BCUT2D eigenvalue weighted by Gasteiger charge is -2.28. The summed E-state index contributed by atoms with van der Waals surface area (Å²) in [4.78, 5) is 0.186. The Hall–Kier alpha value is -0.960. The Bertz CT molecular complexity index is 811. The molecule has 0 saturated carbocycles. The zero-order valence-corrected chi connectivity index (χ0v) is 16.3. The fraction of sp³-hybridized carbons (Fsp3) is 0.625. The molecule has 136 valence electrons. The first kappa shape index (κ1) is 19.4. The number of sulfone groups is 1. The minimum Gasteiger partial charge on any atom is -0.315 e. The monoisotopic (exact) mass is 374 g/mol. The second kappa shape index (κ2) is 7.11. The van der Waals surface area contributed by atoms with Crippen LogP contribution in [-0.2, 0) is 19.9 Å². The number of nitrogens with zero attached hydrogens (tertiary/aromatic N) is 1. The second-order valence-corrected chi connectivity index (χ2v) is 10.3. The fourth-order valence-corrected chi connectivity index (χ4v) is 6.39. The maximum Gasteiger partial charge on any atom is 0.243 e. The van der Waals surface area contributed by atoms with Crippen LogP contribution in [-0.4, -0.2) is 53.1 Å². The van der Waals surface area contributed by atoms with E-state index in [1.165, 1.54) is 10.4 Å². The first-order chi connectivity index (χ1) is 11.1. The summed E-state index contributed by atoms with van der Waals surface area (Å²) in [5.74, 6) is 0. The van der Waals surface area contributed by atoms with Crippen molar-refractivity contribution in [2.45, 2.75) is 49.4 Å². The van der Waals surface area contributed by atoms with Crippen LogP contribution in [0.3, 0.4) is 0 Å². The zero-order chi connectivity index (χ0) is 18.1. The van der Waals surface area contributed by atoms with Gasteiger partial charge >= 0.3 is 0 Å². The molecular formula is C16H26N2O4S2. The van der Waals surface area contributed by atoms with Crippen LogP contribution in [0.15, 0.2) is 21.9 Å². The first-order valence-corrected chi connectivity index (χ1v) is 11.5. The molecule has 0 radical (unpaired) electrons. The Morgan fingerprint density at radius 2 is 1.79 bits per heavy atom. The molecule has 1 aromatic carbocycles. The van der Waals surface area contributed by atoms with Gasteiger partial charge in [0.15, 0.2) is 9.84 Å². The van der Waals surface area contributed by atoms with Gasteiger partial charge in [0, 0.05) is 25.4 Å². The lowest BCUT2D eigenvalue weighted by Crippen LogP contribution is -2.42. The summed E-state index contributed by atoms with van der Waals surface area (Å²) in [6.45, 7) is 7.07. The van der Waals surface area contributed by atoms with Crippen molar-refractivity contribution in [3.63, 3.8) is 0 Å². The molecular weight excluding hydrogens is 348 g/mol. The predicted molar refractivity (Wildman–Crippen MR) is 94.5 cm³/mol. The van der Waals surface area contributed by atoms with Crippen molar-refractivity contribution in [3.8, 4) is 0 Å². The average molecular weight is 375 g/mol. The van der Waals surface area contributed by atoms with Gasteiger partial charge in [-0.25, -0.2) is 16.8 Å². The van der Waals surface area contributed by atoms with E-state index in [0.29, 0.717) is 30.6 Å². The summed E-state index contributed by atoms with van der Waals surface area (Å²) in [5.41, 5.74) is 0.927. The first-order valence-electron chi connectivity index (χ1n) is 8.13. The third kappa shape index (κ3) is 3.82. The number of nitrogens with one attached hydrogen (secondary N) is 1. The minimum absolute atomic E-state index is 0.0853. The van der Waals surface area contributed by atoms with E-state index in [1.807, 2.05) is 6.92 Å². The fourth-order valence-electron chi connectivity index (χ4n) is 3.18. The smallest absolute Gasteiger partial charge is 0.243 e. The molecule has 24 heavy (non-hydrogen) atoms. The highest BCUT2D eigenvalue weighted by molar-refractivity contribution is 7.91. The van der Waals surface area contributed by atoms with Crippen molar-refractivity contribution < 1.29 is 16.8 Å². The molecule has 1 aromatic rings. The van der Waals surface area contributed by atoms with Gasteiger partial charge in [-0.05, 0) is 56.5 Å². The summed E-state index contributed by atoms with van der Waals surface area (Å²) >= 11 is 0. The second-order valence-electron chi connectivity index (χ2n) is 6.42. The van der Waals surface area contributed by atoms with E-state index in [4.69, 9.17) is 0 Å². The van der Waals surface area contributed by atoms with Crippen LogP contribution in [0.1, 0.15) is 30.9 Å². The van der Waals surface area contributed by atoms with Crippen LogP contribution < -0.4 is 5.32 Å². The summed E-state index contributed by atoms with van der Waals surface area (Å²) in [5, 5.41) is 3.19. The third-order valence-electron chi connectivity index (χ3n) is 4.33. The van der Waals surface area contributed by atoms with Gasteiger partial charge in [0.05, 0.1) is 9.79 Å². The Labute approximate surface area is 145 Å². The van der Waals surface area contributed by atoms with Crippen LogP contribution in [0.5, 0.6) is 0 Å². The summed E-state index contributed by atoms with van der Waals surface area (Å²) in [6.07, 6.45) is 2.58. The molecule has 1 N–H and O–H groups in total. The van der Waals surface area contributed by atoms with Crippen LogP contribution in [0.2, 0.25) is 0 Å². The molecule has 1 heterocycles. The Kier molecular flexibility index (Phi) is 5.74. The van der Waals surface area contributed by atoms with E-state index in [2.05, 4.69) is 5.32 Å². The Balaban J connectivity index is 2.61. The highest BCUT2D eigenvalue weighted by atomic mass is 32.2. The zero-order valence-electron chi connectivity index (χ0n) is 14.7. The van der Waals surface area contributed by atoms with Gasteiger partial charge < -0.3 is 5.32 Å². The van der Waals surface area contributed by atoms with Gasteiger partial charge in [0.1, 0.15) is 0 Å². The summed E-state index contributed by atoms with van der Waals surface area (Å²) in [7, 11) is -7.24. The Morgan fingerprint density at radius 3 is 2.29 bits per heavy atom. The molecule has 0 spiro atoms. The van der Waals surface area contributed by atoms with Gasteiger partial charge in [-0.1, -0.05) is 6.92 Å². The maximum absolute atomic E-state index is 13.3. The molecule has 1 atom stereocenters. The highest BCUT2D eigenvalue weighted by Crippen LogP contribution is 2.29. The van der Waals surface area contributed by atoms with Crippen molar-refractivity contribution in [1.82, 2.24) is 9.62 Å². The van der Waals surface area contributed by atoms with Crippen LogP contribution in [0.4, 0.5) is 0 Å². The number of rotatable bonds is 6. The van der Waals surface area contributed by atoms with E-state index < -0.39 is 19.9 Å². The quantitative estimate of drug-likeness (QED) is 0.815. The van der Waals surface area contributed by atoms with E-state index in [1.54, 1.807) is 19.9 Å². The van der Waals surface area contributed by atoms with E-state index >= 15 is 0 Å². The van der Waals surface area contributed by atoms with Gasteiger partial charge in [0.25, 0.3) is 0 Å². The highest BCUT2D eigenvalue weighted by Gasteiger charge is 2.34. The molecule has 6 nitrogen and oxygen atoms in total. The van der Waals surface area contributed by atoms with E-state index in [9.17, 15) is 16.8 Å². The predicted octanol–water partition coefficient (Wildman–Crippen LogP) is 1.47. The maximum atomic E-state index is 13.3. The van der Waals surface area contributed by atoms with Crippen molar-refractivity contribution in [3.05, 3.63) is 23.3 Å². The average Bonchev–Trinajstić information content (AvgIpc) is 2.99. The van der Waals surface area contributed by atoms with Crippen LogP contribution in [0, 0.1) is 13.8 Å². The Morgan fingerprint density at radius 1 is 1.17 bits per heavy atom. The summed E-state index contributed by atoms with van der Waals surface area (Å²) in [6, 6.07) is 3.02. The van der Waals surface area contributed by atoms with Gasteiger partial charge in [-0.15, -0.1) is 0 Å². The SMILES string of the molecule is CCCN(C1CCNC1)S(=O)(=O)c1cc(C)cc(S(C)(=O)=O)c1C. The molecule has 1 aliphatic heterocycles. The molecule has 1 fully saturated rings. The van der Waals surface area contributed by atoms with Crippen LogP contribution in [0.25, 0.3) is 0 Å². The molecule has 8 heteroatoms. The van der Waals surface area contributed by atoms with Gasteiger partial charge in [-0.2, -0.15) is 4.31 Å². The molecule has 2 rings (SSSR count). The largest absolute Gasteiger partial charge is 0.315 e. The molecule has 0 amide bonds. The number of aryl methyl sites for hydroxylation is 1. The standard InChI is InChI=1S/C16H26N2O4S2/c1-5-8-18(14-6-7-17-11-14)24(21,22)16-10-12(2)9-15(13(16)3)23(4,19)20/h9-10,14,17H,5-8,11H2,1-4H3. The molecule has 0 bridgehead atoms. The normalized spacial score (nSPS) is 19.1. The van der Waals surface area contributed by atoms with Crippen LogP contribution >= 0.6 is 0 Å². The van der Waals surface area contributed by atoms with Crippen molar-refractivity contribution in [2.24, 2.45) is 0 Å². The lowest BCUT2D eigenvalue weighted by atomic mass is 10.2. The number of sulfonamides is 1. The van der Waals surface area contributed by atoms with Crippen molar-refractivity contribution in [2.75, 3.05) is 25.9 Å². The minimum atomic E-state index is -3.75. The molecule has 1 saturated heterocycles. The molecule has 0 aliphatic carbocycles. The van der Waals surface area contributed by atoms with E-state index in [0.717, 1.165) is 19.2 Å². The third-order valence-corrected chi connectivity index (χ3v) is 7.63. The topological polar surface area (TPSA) is 83.6 Å². The molecule has 1 aliphatic rings. The number of benzene rings is 1. The molecule has 1 unspecified atom stereocenters. The van der Waals surface area contributed by atoms with Crippen molar-refractivity contribution >= 4 is 19.9 Å². The van der Waals surface area contributed by atoms with Gasteiger partial charge in [-0.3, -0.25) is 0 Å². The molecule has 0 aromatic heterocycles. The van der Waals surface area contributed by atoms with Gasteiger partial charge in [0.2, 0.25) is 10.0 Å². The number of hydrogen-bond donors (Lipinski definition) is 1. The lowest BCUT2D eigenvalue weighted by molar-refractivity contribution is 0.335. The van der Waals surface area contributed by atoms with Crippen molar-refractivity contribution in [1.29, 1.82) is 0 Å².